The van der Waals surface area contributed by atoms with Crippen molar-refractivity contribution in [2.24, 2.45) is 0 Å². The zero-order chi connectivity index (χ0) is 11.7. The van der Waals surface area contributed by atoms with Gasteiger partial charge in [-0.3, -0.25) is 0 Å². The van der Waals surface area contributed by atoms with Crippen LogP contribution in [0.2, 0.25) is 15.1 Å². The number of halogens is 3. The molecule has 0 aliphatic carbocycles. The largest absolute Gasteiger partial charge is 0.0842 e. The molecule has 0 aliphatic rings. The maximum Gasteiger partial charge on any atom is 0.0514 e. The molecule has 0 heterocycles. The number of rotatable bonds is 1. The van der Waals surface area contributed by atoms with Crippen LogP contribution in [-0.4, -0.2) is 0 Å². The van der Waals surface area contributed by atoms with Gasteiger partial charge in [0.2, 0.25) is 0 Å². The van der Waals surface area contributed by atoms with E-state index in [-0.39, 0.29) is 0 Å². The molecule has 0 fully saturated rings. The third kappa shape index (κ3) is 2.35. The summed E-state index contributed by atoms with van der Waals surface area (Å²) in [6.07, 6.45) is 0. The number of hydrogen-bond donors (Lipinski definition) is 0. The molecule has 0 saturated carbocycles. The molecular weight excluding hydrogens is 263 g/mol. The van der Waals surface area contributed by atoms with Gasteiger partial charge in [-0.1, -0.05) is 59.1 Å². The molecule has 0 spiro atoms. The molecule has 0 nitrogen and oxygen atoms in total. The van der Waals surface area contributed by atoms with Gasteiger partial charge >= 0.3 is 0 Å². The van der Waals surface area contributed by atoms with Crippen molar-refractivity contribution < 1.29 is 0 Å². The van der Waals surface area contributed by atoms with Crippen LogP contribution in [0, 0.1) is 6.92 Å². The van der Waals surface area contributed by atoms with Gasteiger partial charge in [0.1, 0.15) is 0 Å². The second-order valence-electron chi connectivity index (χ2n) is 3.44. The standard InChI is InChI=1S/C13H8Cl3/c1-8-2-4-9(5-3-8)13-11(15)6-10(14)7-12(13)16/h2-7H,1H2. The van der Waals surface area contributed by atoms with Crippen LogP contribution in [0.5, 0.6) is 0 Å². The van der Waals surface area contributed by atoms with Crippen LogP contribution < -0.4 is 0 Å². The zero-order valence-electron chi connectivity index (χ0n) is 8.31. The first-order chi connectivity index (χ1) is 7.58. The summed E-state index contributed by atoms with van der Waals surface area (Å²) < 4.78 is 0. The minimum atomic E-state index is 0.535. The third-order valence-electron chi connectivity index (χ3n) is 2.25. The summed E-state index contributed by atoms with van der Waals surface area (Å²) in [5, 5.41) is 1.64. The summed E-state index contributed by atoms with van der Waals surface area (Å²) in [6.45, 7) is 3.83. The molecule has 16 heavy (non-hydrogen) atoms. The van der Waals surface area contributed by atoms with Gasteiger partial charge < -0.3 is 0 Å². The van der Waals surface area contributed by atoms with Gasteiger partial charge in [0.25, 0.3) is 0 Å². The highest BCUT2D eigenvalue weighted by molar-refractivity contribution is 6.41. The molecular formula is C13H8Cl3. The lowest BCUT2D eigenvalue weighted by molar-refractivity contribution is 1.57. The van der Waals surface area contributed by atoms with Gasteiger partial charge in [0.15, 0.2) is 0 Å². The SMILES string of the molecule is [CH2]c1ccc(-c2c(Cl)cc(Cl)cc2Cl)cc1. The van der Waals surface area contributed by atoms with E-state index in [1.807, 2.05) is 24.3 Å². The average molecular weight is 271 g/mol. The minimum absolute atomic E-state index is 0.535. The van der Waals surface area contributed by atoms with Crippen molar-refractivity contribution in [2.75, 3.05) is 0 Å². The van der Waals surface area contributed by atoms with Gasteiger partial charge in [0, 0.05) is 10.6 Å². The summed E-state index contributed by atoms with van der Waals surface area (Å²) >= 11 is 18.1. The van der Waals surface area contributed by atoms with Gasteiger partial charge in [-0.05, 0) is 30.2 Å². The Bertz CT molecular complexity index is 492. The summed E-state index contributed by atoms with van der Waals surface area (Å²) in [6, 6.07) is 11.1. The lowest BCUT2D eigenvalue weighted by Gasteiger charge is -2.08. The highest BCUT2D eigenvalue weighted by Gasteiger charge is 2.09. The fraction of sp³-hybridized carbons (Fsp3) is 0. The first-order valence-corrected chi connectivity index (χ1v) is 5.78. The van der Waals surface area contributed by atoms with E-state index in [0.29, 0.717) is 15.1 Å². The maximum absolute atomic E-state index is 6.12. The molecule has 81 valence electrons. The average Bonchev–Trinajstić information content (AvgIpc) is 2.19. The van der Waals surface area contributed by atoms with Crippen molar-refractivity contribution in [3.05, 3.63) is 64.0 Å². The minimum Gasteiger partial charge on any atom is -0.0842 e. The van der Waals surface area contributed by atoms with E-state index < -0.39 is 0 Å². The molecule has 0 amide bonds. The third-order valence-corrected chi connectivity index (χ3v) is 3.06. The highest BCUT2D eigenvalue weighted by atomic mass is 35.5. The van der Waals surface area contributed by atoms with E-state index in [1.54, 1.807) is 12.1 Å². The van der Waals surface area contributed by atoms with Crippen molar-refractivity contribution in [1.29, 1.82) is 0 Å². The lowest BCUT2D eigenvalue weighted by atomic mass is 10.0. The second kappa shape index (κ2) is 4.67. The highest BCUT2D eigenvalue weighted by Crippen LogP contribution is 2.37. The molecule has 1 radical (unpaired) electrons. The smallest absolute Gasteiger partial charge is 0.0514 e. The van der Waals surface area contributed by atoms with Crippen LogP contribution in [0.3, 0.4) is 0 Å². The molecule has 0 atom stereocenters. The van der Waals surface area contributed by atoms with Gasteiger partial charge in [-0.2, -0.15) is 0 Å². The van der Waals surface area contributed by atoms with E-state index in [1.165, 1.54) is 0 Å². The topological polar surface area (TPSA) is 0 Å². The van der Waals surface area contributed by atoms with Crippen LogP contribution in [0.25, 0.3) is 11.1 Å². The monoisotopic (exact) mass is 269 g/mol. The Morgan fingerprint density at radius 2 is 1.31 bits per heavy atom. The lowest BCUT2D eigenvalue weighted by Crippen LogP contribution is -1.82. The van der Waals surface area contributed by atoms with Gasteiger partial charge in [-0.25, -0.2) is 0 Å². The van der Waals surface area contributed by atoms with E-state index in [2.05, 4.69) is 6.92 Å². The normalized spacial score (nSPS) is 10.5. The Morgan fingerprint density at radius 3 is 1.81 bits per heavy atom. The van der Waals surface area contributed by atoms with Crippen LogP contribution in [0.1, 0.15) is 5.56 Å². The Morgan fingerprint density at radius 1 is 0.812 bits per heavy atom. The Balaban J connectivity index is 2.60. The Labute approximate surface area is 110 Å². The van der Waals surface area contributed by atoms with Crippen molar-refractivity contribution >= 4 is 34.8 Å². The number of hydrogen-bond acceptors (Lipinski definition) is 0. The van der Waals surface area contributed by atoms with E-state index in [4.69, 9.17) is 34.8 Å². The maximum atomic E-state index is 6.12. The number of benzene rings is 2. The summed E-state index contributed by atoms with van der Waals surface area (Å²) in [4.78, 5) is 0. The molecule has 0 unspecified atom stereocenters. The molecule has 2 aromatic rings. The van der Waals surface area contributed by atoms with Crippen molar-refractivity contribution in [1.82, 2.24) is 0 Å². The Hall–Kier alpha value is -0.690. The first-order valence-electron chi connectivity index (χ1n) is 4.65. The van der Waals surface area contributed by atoms with Crippen LogP contribution >= 0.6 is 34.8 Å². The fourth-order valence-electron chi connectivity index (χ4n) is 1.49. The van der Waals surface area contributed by atoms with Crippen LogP contribution in [0.4, 0.5) is 0 Å². The second-order valence-corrected chi connectivity index (χ2v) is 4.69. The summed E-state index contributed by atoms with van der Waals surface area (Å²) in [7, 11) is 0. The molecule has 0 aliphatic heterocycles. The molecule has 0 aromatic heterocycles. The zero-order valence-corrected chi connectivity index (χ0v) is 10.6. The van der Waals surface area contributed by atoms with Crippen LogP contribution in [0.15, 0.2) is 36.4 Å². The van der Waals surface area contributed by atoms with Crippen molar-refractivity contribution in [3.8, 4) is 11.1 Å². The molecule has 3 heteroatoms. The molecule has 0 bridgehead atoms. The van der Waals surface area contributed by atoms with E-state index in [0.717, 1.165) is 16.7 Å². The van der Waals surface area contributed by atoms with Crippen molar-refractivity contribution in [3.63, 3.8) is 0 Å². The summed E-state index contributed by atoms with van der Waals surface area (Å²) in [5.74, 6) is 0. The summed E-state index contributed by atoms with van der Waals surface area (Å²) in [5.41, 5.74) is 2.71. The molecule has 2 rings (SSSR count). The Kier molecular flexibility index (Phi) is 3.44. The van der Waals surface area contributed by atoms with E-state index in [9.17, 15) is 0 Å². The van der Waals surface area contributed by atoms with Gasteiger partial charge in [-0.15, -0.1) is 0 Å². The predicted octanol–water partition coefficient (Wildman–Crippen LogP) is 5.50. The van der Waals surface area contributed by atoms with E-state index >= 15 is 0 Å². The molecule has 2 aromatic carbocycles. The van der Waals surface area contributed by atoms with Gasteiger partial charge in [0.05, 0.1) is 10.0 Å². The van der Waals surface area contributed by atoms with Crippen LogP contribution in [-0.2, 0) is 0 Å². The quantitative estimate of drug-likeness (QED) is 0.642. The van der Waals surface area contributed by atoms with Crippen molar-refractivity contribution in [2.45, 2.75) is 0 Å². The molecule has 0 N–H and O–H groups in total. The fourth-order valence-corrected chi connectivity index (χ4v) is 2.52. The predicted molar refractivity (Wildman–Crippen MR) is 71.4 cm³/mol. The first kappa shape index (κ1) is 11.8. The molecule has 0 saturated heterocycles.